The SMILES string of the molecule is COC(=O)[C@]1(F)O[C@@H]([C@H](O)[C@H](O)COP(C)(=O)OC)[C@H](NC(C)=O)[C@@H](N)[C@H]1F. The summed E-state index contributed by atoms with van der Waals surface area (Å²) in [6.07, 6.45) is -8.52. The Morgan fingerprint density at radius 3 is 2.43 bits per heavy atom. The molecule has 11 nitrogen and oxygen atoms in total. The van der Waals surface area contributed by atoms with Crippen LogP contribution in [-0.2, 0) is 32.7 Å². The van der Waals surface area contributed by atoms with Gasteiger partial charge in [0.15, 0.2) is 6.17 Å². The lowest BCUT2D eigenvalue weighted by atomic mass is 9.86. The fraction of sp³-hybridized carbons (Fsp3) is 0.857. The van der Waals surface area contributed by atoms with E-state index < -0.39 is 68.5 Å². The van der Waals surface area contributed by atoms with Crippen molar-refractivity contribution in [2.24, 2.45) is 5.73 Å². The number of nitrogens with two attached hydrogens (primary N) is 1. The summed E-state index contributed by atoms with van der Waals surface area (Å²) in [6, 6.07) is -3.37. The van der Waals surface area contributed by atoms with Gasteiger partial charge in [-0.05, 0) is 0 Å². The van der Waals surface area contributed by atoms with Crippen LogP contribution < -0.4 is 11.1 Å². The molecule has 1 amide bonds. The Morgan fingerprint density at radius 1 is 1.39 bits per heavy atom. The molecule has 8 atom stereocenters. The molecule has 0 saturated carbocycles. The van der Waals surface area contributed by atoms with Crippen LogP contribution in [0.2, 0.25) is 0 Å². The van der Waals surface area contributed by atoms with Crippen molar-refractivity contribution in [1.29, 1.82) is 0 Å². The number of methoxy groups -OCH3 is 1. The number of carbonyl (C=O) groups is 2. The number of aliphatic hydroxyl groups excluding tert-OH is 2. The van der Waals surface area contributed by atoms with Crippen LogP contribution in [0.1, 0.15) is 6.92 Å². The molecule has 164 valence electrons. The van der Waals surface area contributed by atoms with Gasteiger partial charge in [0.1, 0.15) is 18.3 Å². The van der Waals surface area contributed by atoms with Crippen molar-refractivity contribution in [2.75, 3.05) is 27.5 Å². The average Bonchev–Trinajstić information content (AvgIpc) is 2.64. The maximum absolute atomic E-state index is 14.9. The number of nitrogens with one attached hydrogen (secondary N) is 1. The minimum atomic E-state index is -3.69. The lowest BCUT2D eigenvalue weighted by Gasteiger charge is -2.46. The van der Waals surface area contributed by atoms with E-state index in [1.165, 1.54) is 0 Å². The van der Waals surface area contributed by atoms with E-state index in [4.69, 9.17) is 15.0 Å². The van der Waals surface area contributed by atoms with Crippen molar-refractivity contribution in [2.45, 2.75) is 49.3 Å². The van der Waals surface area contributed by atoms with Crippen molar-refractivity contribution >= 4 is 19.5 Å². The van der Waals surface area contributed by atoms with Gasteiger partial charge in [0, 0.05) is 20.7 Å². The molecule has 0 aromatic rings. The number of amides is 1. The van der Waals surface area contributed by atoms with Crippen LogP contribution in [0.4, 0.5) is 8.78 Å². The minimum absolute atomic E-state index is 0.721. The maximum Gasteiger partial charge on any atom is 0.375 e. The van der Waals surface area contributed by atoms with E-state index >= 15 is 0 Å². The Labute approximate surface area is 160 Å². The molecular weight excluding hydrogens is 409 g/mol. The first-order chi connectivity index (χ1) is 12.8. The van der Waals surface area contributed by atoms with Crippen molar-refractivity contribution in [3.05, 3.63) is 0 Å². The second kappa shape index (κ2) is 9.53. The Bertz CT molecular complexity index is 628. The summed E-state index contributed by atoms with van der Waals surface area (Å²) in [7, 11) is -1.65. The molecule has 28 heavy (non-hydrogen) atoms. The predicted molar refractivity (Wildman–Crippen MR) is 89.7 cm³/mol. The third-order valence-corrected chi connectivity index (χ3v) is 5.43. The van der Waals surface area contributed by atoms with Gasteiger partial charge in [0.25, 0.3) is 0 Å². The van der Waals surface area contributed by atoms with Crippen LogP contribution in [0.25, 0.3) is 0 Å². The highest BCUT2D eigenvalue weighted by molar-refractivity contribution is 7.52. The van der Waals surface area contributed by atoms with Crippen LogP contribution in [0.15, 0.2) is 0 Å². The van der Waals surface area contributed by atoms with Gasteiger partial charge in [-0.3, -0.25) is 9.36 Å². The molecule has 0 aromatic carbocycles. The zero-order chi connectivity index (χ0) is 21.9. The number of ether oxygens (including phenoxy) is 2. The first kappa shape index (κ1) is 24.8. The molecular formula is C14H25F2N2O9P. The van der Waals surface area contributed by atoms with Gasteiger partial charge in [-0.25, -0.2) is 9.18 Å². The normalized spacial score (nSPS) is 34.8. The van der Waals surface area contributed by atoms with Gasteiger partial charge in [0.05, 0.1) is 25.8 Å². The summed E-state index contributed by atoms with van der Waals surface area (Å²) < 4.78 is 59.4. The fourth-order valence-electron chi connectivity index (χ4n) is 2.56. The molecule has 1 fully saturated rings. The van der Waals surface area contributed by atoms with Crippen LogP contribution >= 0.6 is 7.60 Å². The largest absolute Gasteiger partial charge is 0.465 e. The second-order valence-corrected chi connectivity index (χ2v) is 8.40. The molecule has 1 aliphatic heterocycles. The summed E-state index contributed by atoms with van der Waals surface area (Å²) in [4.78, 5) is 23.1. The summed E-state index contributed by atoms with van der Waals surface area (Å²) >= 11 is 0. The quantitative estimate of drug-likeness (QED) is 0.264. The Kier molecular flexibility index (Phi) is 8.45. The Morgan fingerprint density at radius 2 is 1.96 bits per heavy atom. The van der Waals surface area contributed by atoms with Crippen molar-refractivity contribution in [3.63, 3.8) is 0 Å². The summed E-state index contributed by atoms with van der Waals surface area (Å²) in [5, 5.41) is 22.6. The van der Waals surface area contributed by atoms with Crippen LogP contribution in [-0.4, -0.2) is 92.0 Å². The highest BCUT2D eigenvalue weighted by Gasteiger charge is 2.62. The number of halogens is 2. The van der Waals surface area contributed by atoms with Gasteiger partial charge >= 0.3 is 19.4 Å². The highest BCUT2D eigenvalue weighted by Crippen LogP contribution is 2.43. The average molecular weight is 434 g/mol. The molecule has 14 heteroatoms. The van der Waals surface area contributed by atoms with E-state index in [0.717, 1.165) is 27.8 Å². The number of carbonyl (C=O) groups excluding carboxylic acids is 2. The highest BCUT2D eigenvalue weighted by atomic mass is 31.2. The second-order valence-electron chi connectivity index (χ2n) is 6.23. The van der Waals surface area contributed by atoms with Crippen molar-refractivity contribution in [3.8, 4) is 0 Å². The van der Waals surface area contributed by atoms with Crippen LogP contribution in [0.5, 0.6) is 0 Å². The molecule has 0 bridgehead atoms. The van der Waals surface area contributed by atoms with Gasteiger partial charge < -0.3 is 39.8 Å². The van der Waals surface area contributed by atoms with Crippen molar-refractivity contribution < 1.29 is 51.7 Å². The monoisotopic (exact) mass is 434 g/mol. The number of rotatable bonds is 8. The lowest BCUT2D eigenvalue weighted by molar-refractivity contribution is -0.277. The van der Waals surface area contributed by atoms with E-state index in [9.17, 15) is 33.1 Å². The van der Waals surface area contributed by atoms with Gasteiger partial charge in [-0.15, -0.1) is 0 Å². The van der Waals surface area contributed by atoms with Gasteiger partial charge in [-0.1, -0.05) is 0 Å². The number of alkyl halides is 2. The third-order valence-electron chi connectivity index (χ3n) is 4.14. The van der Waals surface area contributed by atoms with E-state index in [-0.39, 0.29) is 0 Å². The molecule has 1 heterocycles. The topological polar surface area (TPSA) is 167 Å². The van der Waals surface area contributed by atoms with Gasteiger partial charge in [0.2, 0.25) is 5.91 Å². The summed E-state index contributed by atoms with van der Waals surface area (Å²) in [6.45, 7) is 1.39. The standard InChI is InChI=1S/C14H25F2N2O9P/c1-6(19)18-9-8(17)12(15)14(16,13(22)24-2)27-11(9)10(21)7(20)5-26-28(4,23)25-3/h7-12,20-21H,5,17H2,1-4H3,(H,18,19)/t7-,8-,9-,10-,11-,12-,14-,28?/m1/s1. The van der Waals surface area contributed by atoms with Crippen LogP contribution in [0.3, 0.4) is 0 Å². The molecule has 0 aliphatic carbocycles. The molecule has 0 radical (unpaired) electrons. The molecule has 5 N–H and O–H groups in total. The number of esters is 1. The Hall–Kier alpha value is -1.21. The first-order valence-corrected chi connectivity index (χ1v) is 10.1. The molecule has 1 saturated heterocycles. The minimum Gasteiger partial charge on any atom is -0.465 e. The first-order valence-electron chi connectivity index (χ1n) is 8.06. The van der Waals surface area contributed by atoms with Crippen molar-refractivity contribution in [1.82, 2.24) is 5.32 Å². The number of hydrogen-bond donors (Lipinski definition) is 4. The molecule has 1 aliphatic rings. The van der Waals surface area contributed by atoms with E-state index in [2.05, 4.69) is 14.6 Å². The zero-order valence-corrected chi connectivity index (χ0v) is 16.6. The summed E-state index contributed by atoms with van der Waals surface area (Å²) in [5.74, 6) is -6.17. The smallest absolute Gasteiger partial charge is 0.375 e. The number of hydrogen-bond acceptors (Lipinski definition) is 10. The predicted octanol–water partition coefficient (Wildman–Crippen LogP) is -1.40. The maximum atomic E-state index is 14.9. The fourth-order valence-corrected chi connectivity index (χ4v) is 3.09. The zero-order valence-electron chi connectivity index (χ0n) is 15.7. The van der Waals surface area contributed by atoms with E-state index in [1.807, 2.05) is 0 Å². The molecule has 1 unspecified atom stereocenters. The van der Waals surface area contributed by atoms with Gasteiger partial charge in [-0.2, -0.15) is 4.39 Å². The third kappa shape index (κ3) is 5.44. The summed E-state index contributed by atoms with van der Waals surface area (Å²) in [5.41, 5.74) is 5.63. The lowest BCUT2D eigenvalue weighted by Crippen LogP contribution is -2.73. The van der Waals surface area contributed by atoms with E-state index in [0.29, 0.717) is 0 Å². The molecule has 0 aromatic heterocycles. The Balaban J connectivity index is 3.14. The van der Waals surface area contributed by atoms with E-state index in [1.54, 1.807) is 0 Å². The molecule has 0 spiro atoms. The molecule has 1 rings (SSSR count). The number of aliphatic hydroxyl groups is 2. The van der Waals surface area contributed by atoms with Crippen LogP contribution in [0, 0.1) is 0 Å².